The van der Waals surface area contributed by atoms with Gasteiger partial charge in [-0.15, -0.1) is 0 Å². The predicted octanol–water partition coefficient (Wildman–Crippen LogP) is 2.96. The van der Waals surface area contributed by atoms with Crippen molar-refractivity contribution in [3.05, 3.63) is 34.8 Å². The fraction of sp³-hybridized carbons (Fsp3) is 0.333. The van der Waals surface area contributed by atoms with Crippen molar-refractivity contribution in [1.29, 1.82) is 0 Å². The lowest BCUT2D eigenvalue weighted by Gasteiger charge is -2.22. The second kappa shape index (κ2) is 6.70. The van der Waals surface area contributed by atoms with E-state index in [9.17, 15) is 4.79 Å². The standard InChI is InChI=1S/C15H18BrN3O/c1-3-8-19(10-15(20)17-2)14-7-4-11-9-12(16)5-6-13(11)18-14/h4-7,9H,3,8,10H2,1-2H3,(H,17,20). The van der Waals surface area contributed by atoms with Crippen LogP contribution in [0.5, 0.6) is 0 Å². The summed E-state index contributed by atoms with van der Waals surface area (Å²) in [7, 11) is 1.65. The smallest absolute Gasteiger partial charge is 0.239 e. The highest BCUT2D eigenvalue weighted by Crippen LogP contribution is 2.21. The van der Waals surface area contributed by atoms with E-state index in [1.165, 1.54) is 0 Å². The van der Waals surface area contributed by atoms with E-state index in [-0.39, 0.29) is 5.91 Å². The maximum absolute atomic E-state index is 11.6. The van der Waals surface area contributed by atoms with Crippen molar-refractivity contribution in [3.63, 3.8) is 0 Å². The number of aromatic nitrogens is 1. The minimum Gasteiger partial charge on any atom is -0.358 e. The highest BCUT2D eigenvalue weighted by Gasteiger charge is 2.11. The van der Waals surface area contributed by atoms with Gasteiger partial charge in [0.05, 0.1) is 12.1 Å². The fourth-order valence-electron chi connectivity index (χ4n) is 2.06. The second-order valence-electron chi connectivity index (χ2n) is 4.60. The first-order valence-corrected chi connectivity index (χ1v) is 7.45. The van der Waals surface area contributed by atoms with E-state index in [1.54, 1.807) is 7.05 Å². The van der Waals surface area contributed by atoms with Gasteiger partial charge in [0.1, 0.15) is 5.82 Å². The zero-order chi connectivity index (χ0) is 14.5. The van der Waals surface area contributed by atoms with E-state index in [0.717, 1.165) is 34.2 Å². The van der Waals surface area contributed by atoms with Gasteiger partial charge in [0.25, 0.3) is 0 Å². The normalized spacial score (nSPS) is 10.6. The molecule has 2 rings (SSSR count). The fourth-order valence-corrected chi connectivity index (χ4v) is 2.44. The molecule has 0 atom stereocenters. The molecule has 0 saturated heterocycles. The van der Waals surface area contributed by atoms with Gasteiger partial charge in [0.2, 0.25) is 5.91 Å². The average molecular weight is 336 g/mol. The Morgan fingerprint density at radius 2 is 2.15 bits per heavy atom. The van der Waals surface area contributed by atoms with Crippen LogP contribution in [0, 0.1) is 0 Å². The molecule has 0 aliphatic rings. The number of likely N-dealkylation sites (N-methyl/N-ethyl adjacent to an activating group) is 1. The minimum atomic E-state index is -0.00356. The number of halogens is 1. The molecular weight excluding hydrogens is 318 g/mol. The van der Waals surface area contributed by atoms with Crippen molar-refractivity contribution >= 4 is 38.6 Å². The van der Waals surface area contributed by atoms with Crippen LogP contribution < -0.4 is 10.2 Å². The number of benzene rings is 1. The number of carbonyl (C=O) groups is 1. The van der Waals surface area contributed by atoms with Crippen molar-refractivity contribution in [2.75, 3.05) is 25.0 Å². The van der Waals surface area contributed by atoms with Gasteiger partial charge in [-0.3, -0.25) is 4.79 Å². The number of fused-ring (bicyclic) bond motifs is 1. The van der Waals surface area contributed by atoms with Gasteiger partial charge in [0, 0.05) is 23.5 Å². The summed E-state index contributed by atoms with van der Waals surface area (Å²) < 4.78 is 1.04. The lowest BCUT2D eigenvalue weighted by molar-refractivity contribution is -0.119. The molecule has 106 valence electrons. The number of carbonyl (C=O) groups excluding carboxylic acids is 1. The monoisotopic (exact) mass is 335 g/mol. The van der Waals surface area contributed by atoms with Crippen LogP contribution >= 0.6 is 15.9 Å². The van der Waals surface area contributed by atoms with Gasteiger partial charge in [-0.1, -0.05) is 22.9 Å². The van der Waals surface area contributed by atoms with Crippen LogP contribution in [0.2, 0.25) is 0 Å². The van der Waals surface area contributed by atoms with Gasteiger partial charge >= 0.3 is 0 Å². The van der Waals surface area contributed by atoms with Crippen molar-refractivity contribution in [3.8, 4) is 0 Å². The molecule has 20 heavy (non-hydrogen) atoms. The Labute approximate surface area is 127 Å². The molecule has 1 amide bonds. The molecule has 0 unspecified atom stereocenters. The molecular formula is C15H18BrN3O. The molecule has 0 spiro atoms. The molecule has 1 aromatic heterocycles. The molecule has 1 heterocycles. The molecule has 2 aromatic rings. The van der Waals surface area contributed by atoms with Crippen LogP contribution in [0.15, 0.2) is 34.8 Å². The first-order valence-electron chi connectivity index (χ1n) is 6.66. The third-order valence-corrected chi connectivity index (χ3v) is 3.56. The number of nitrogens with zero attached hydrogens (tertiary/aromatic N) is 2. The van der Waals surface area contributed by atoms with Crippen molar-refractivity contribution in [1.82, 2.24) is 10.3 Å². The highest BCUT2D eigenvalue weighted by atomic mass is 79.9. The number of rotatable bonds is 5. The molecule has 1 aromatic carbocycles. The average Bonchev–Trinajstić information content (AvgIpc) is 2.46. The van der Waals surface area contributed by atoms with Crippen molar-refractivity contribution in [2.45, 2.75) is 13.3 Å². The van der Waals surface area contributed by atoms with Gasteiger partial charge < -0.3 is 10.2 Å². The van der Waals surface area contributed by atoms with E-state index >= 15 is 0 Å². The third-order valence-electron chi connectivity index (χ3n) is 3.07. The van der Waals surface area contributed by atoms with Gasteiger partial charge in [-0.25, -0.2) is 4.98 Å². The second-order valence-corrected chi connectivity index (χ2v) is 5.52. The molecule has 0 aliphatic heterocycles. The lowest BCUT2D eigenvalue weighted by Crippen LogP contribution is -2.36. The Kier molecular flexibility index (Phi) is 4.95. The number of hydrogen-bond donors (Lipinski definition) is 1. The van der Waals surface area contributed by atoms with Crippen LogP contribution in [-0.2, 0) is 4.79 Å². The number of hydrogen-bond acceptors (Lipinski definition) is 3. The SMILES string of the molecule is CCCN(CC(=O)NC)c1ccc2cc(Br)ccc2n1. The molecule has 0 saturated carbocycles. The molecule has 0 aliphatic carbocycles. The molecule has 0 bridgehead atoms. The van der Waals surface area contributed by atoms with Crippen molar-refractivity contribution in [2.24, 2.45) is 0 Å². The van der Waals surface area contributed by atoms with E-state index in [1.807, 2.05) is 35.2 Å². The minimum absolute atomic E-state index is 0.00356. The number of amides is 1. The summed E-state index contributed by atoms with van der Waals surface area (Å²) in [6.07, 6.45) is 0.969. The molecule has 4 nitrogen and oxygen atoms in total. The van der Waals surface area contributed by atoms with E-state index in [0.29, 0.717) is 6.54 Å². The van der Waals surface area contributed by atoms with Crippen LogP contribution in [0.1, 0.15) is 13.3 Å². The summed E-state index contributed by atoms with van der Waals surface area (Å²) in [6.45, 7) is 3.23. The zero-order valence-corrected chi connectivity index (χ0v) is 13.3. The first-order chi connectivity index (χ1) is 9.63. The first kappa shape index (κ1) is 14.8. The van der Waals surface area contributed by atoms with E-state index in [2.05, 4.69) is 33.2 Å². The number of anilines is 1. The Morgan fingerprint density at radius 3 is 2.85 bits per heavy atom. The number of nitrogens with one attached hydrogen (secondary N) is 1. The Hall–Kier alpha value is -1.62. The summed E-state index contributed by atoms with van der Waals surface area (Å²) in [5, 5.41) is 3.74. The van der Waals surface area contributed by atoms with Crippen LogP contribution in [-0.4, -0.2) is 31.0 Å². The summed E-state index contributed by atoms with van der Waals surface area (Å²) in [5.41, 5.74) is 0.934. The van der Waals surface area contributed by atoms with Crippen LogP contribution in [0.25, 0.3) is 10.9 Å². The van der Waals surface area contributed by atoms with Gasteiger partial charge in [0.15, 0.2) is 0 Å². The van der Waals surface area contributed by atoms with Crippen LogP contribution in [0.4, 0.5) is 5.82 Å². The van der Waals surface area contributed by atoms with Gasteiger partial charge in [-0.2, -0.15) is 0 Å². The lowest BCUT2D eigenvalue weighted by atomic mass is 10.2. The quantitative estimate of drug-likeness (QED) is 0.913. The molecule has 5 heteroatoms. The summed E-state index contributed by atoms with van der Waals surface area (Å²) in [5.74, 6) is 0.835. The predicted molar refractivity (Wildman–Crippen MR) is 86.0 cm³/mol. The van der Waals surface area contributed by atoms with Crippen molar-refractivity contribution < 1.29 is 4.79 Å². The Bertz CT molecular complexity index is 615. The molecule has 1 N–H and O–H groups in total. The number of pyridine rings is 1. The van der Waals surface area contributed by atoms with Gasteiger partial charge in [-0.05, 0) is 36.8 Å². The maximum atomic E-state index is 11.6. The van der Waals surface area contributed by atoms with E-state index in [4.69, 9.17) is 0 Å². The summed E-state index contributed by atoms with van der Waals surface area (Å²) in [6, 6.07) is 9.99. The topological polar surface area (TPSA) is 45.2 Å². The largest absolute Gasteiger partial charge is 0.358 e. The Balaban J connectivity index is 2.32. The molecule has 0 fully saturated rings. The zero-order valence-electron chi connectivity index (χ0n) is 11.7. The maximum Gasteiger partial charge on any atom is 0.239 e. The molecule has 0 radical (unpaired) electrons. The third kappa shape index (κ3) is 3.48. The summed E-state index contributed by atoms with van der Waals surface area (Å²) >= 11 is 3.46. The summed E-state index contributed by atoms with van der Waals surface area (Å²) in [4.78, 5) is 18.2. The van der Waals surface area contributed by atoms with E-state index < -0.39 is 0 Å². The highest BCUT2D eigenvalue weighted by molar-refractivity contribution is 9.10. The Morgan fingerprint density at radius 1 is 1.35 bits per heavy atom. The van der Waals surface area contributed by atoms with Crippen LogP contribution in [0.3, 0.4) is 0 Å².